The number of thioether (sulfide) groups is 1. The molecule has 0 heterocycles. The second-order valence-electron chi connectivity index (χ2n) is 6.72. The summed E-state index contributed by atoms with van der Waals surface area (Å²) in [7, 11) is 0. The van der Waals surface area contributed by atoms with Gasteiger partial charge in [-0.05, 0) is 28.8 Å². The van der Waals surface area contributed by atoms with Crippen LogP contribution < -0.4 is 0 Å². The van der Waals surface area contributed by atoms with Gasteiger partial charge in [-0.2, -0.15) is 0 Å². The molecule has 0 fully saturated rings. The highest BCUT2D eigenvalue weighted by atomic mass is 32.2. The Bertz CT molecular complexity index is 946. The smallest absolute Gasteiger partial charge is 0.131 e. The van der Waals surface area contributed by atoms with Crippen LogP contribution in [0.1, 0.15) is 21.9 Å². The van der Waals surface area contributed by atoms with Crippen LogP contribution in [0.15, 0.2) is 126 Å². The molecule has 0 saturated carbocycles. The molecule has 0 aliphatic heterocycles. The molecule has 0 amide bonds. The summed E-state index contributed by atoms with van der Waals surface area (Å²) in [6, 6.07) is 40.5. The maximum atomic E-state index is 12.3. The van der Waals surface area contributed by atoms with E-state index in [-0.39, 0.29) is 5.25 Å². The molecule has 0 aliphatic rings. The van der Waals surface area contributed by atoms with Crippen molar-refractivity contribution in [3.8, 4) is 0 Å². The van der Waals surface area contributed by atoms with E-state index in [9.17, 15) is 5.11 Å². The molecule has 0 bridgehead atoms. The minimum Gasteiger partial charge on any atom is -0.379 e. The minimum absolute atomic E-state index is 0.208. The third-order valence-corrected chi connectivity index (χ3v) is 6.30. The zero-order valence-electron chi connectivity index (χ0n) is 15.5. The second-order valence-corrected chi connectivity index (χ2v) is 7.90. The van der Waals surface area contributed by atoms with E-state index in [0.29, 0.717) is 0 Å². The van der Waals surface area contributed by atoms with Gasteiger partial charge < -0.3 is 5.11 Å². The van der Waals surface area contributed by atoms with Gasteiger partial charge in [-0.1, -0.05) is 109 Å². The Morgan fingerprint density at radius 3 is 1.39 bits per heavy atom. The number of hydrogen-bond donors (Lipinski definition) is 1. The van der Waals surface area contributed by atoms with Crippen molar-refractivity contribution in [2.45, 2.75) is 15.7 Å². The lowest BCUT2D eigenvalue weighted by atomic mass is 9.81. The zero-order chi connectivity index (χ0) is 19.2. The fourth-order valence-corrected chi connectivity index (χ4v) is 4.83. The van der Waals surface area contributed by atoms with Gasteiger partial charge >= 0.3 is 0 Å². The molecule has 0 saturated heterocycles. The molecule has 0 radical (unpaired) electrons. The van der Waals surface area contributed by atoms with Crippen LogP contribution in [0.3, 0.4) is 0 Å². The molecule has 0 unspecified atom stereocenters. The van der Waals surface area contributed by atoms with Crippen LogP contribution in [0.2, 0.25) is 0 Å². The third-order valence-electron chi connectivity index (χ3n) is 4.91. The Morgan fingerprint density at radius 2 is 0.929 bits per heavy atom. The monoisotopic (exact) mass is 382 g/mol. The zero-order valence-corrected chi connectivity index (χ0v) is 16.3. The molecule has 0 aliphatic carbocycles. The van der Waals surface area contributed by atoms with Crippen LogP contribution in [-0.2, 0) is 5.60 Å². The largest absolute Gasteiger partial charge is 0.379 e. The van der Waals surface area contributed by atoms with Gasteiger partial charge in [-0.25, -0.2) is 0 Å². The first-order valence-corrected chi connectivity index (χ1v) is 10.3. The fourth-order valence-electron chi connectivity index (χ4n) is 3.51. The maximum absolute atomic E-state index is 12.3. The fraction of sp³-hybridized carbons (Fsp3) is 0.0769. The first kappa shape index (κ1) is 18.5. The van der Waals surface area contributed by atoms with Crippen LogP contribution in [0.5, 0.6) is 0 Å². The molecule has 1 atom stereocenters. The minimum atomic E-state index is -1.18. The van der Waals surface area contributed by atoms with Crippen molar-refractivity contribution in [1.82, 2.24) is 0 Å². The Hall–Kier alpha value is -2.81. The summed E-state index contributed by atoms with van der Waals surface area (Å²) in [4.78, 5) is 1.13. The van der Waals surface area contributed by atoms with Gasteiger partial charge in [-0.15, -0.1) is 11.8 Å². The van der Waals surface area contributed by atoms with Crippen molar-refractivity contribution >= 4 is 11.8 Å². The standard InChI is InChI=1S/C26H22OS/c27-26(22-15-7-2-8-16-22,23-17-9-3-10-18-23)25(21-13-5-1-6-14-21)28-24-19-11-4-12-20-24/h1-20,25,27H/t25-/m1/s1. The van der Waals surface area contributed by atoms with Crippen LogP contribution in [0, 0.1) is 0 Å². The molecule has 1 N–H and O–H groups in total. The Labute approximate surface area is 170 Å². The van der Waals surface area contributed by atoms with Gasteiger partial charge in [-0.3, -0.25) is 0 Å². The highest BCUT2D eigenvalue weighted by Gasteiger charge is 2.41. The van der Waals surface area contributed by atoms with Crippen molar-refractivity contribution in [3.63, 3.8) is 0 Å². The Balaban J connectivity index is 1.91. The Kier molecular flexibility index (Phi) is 5.61. The van der Waals surface area contributed by atoms with Crippen molar-refractivity contribution in [2.75, 3.05) is 0 Å². The predicted octanol–water partition coefficient (Wildman–Crippen LogP) is 6.46. The molecule has 0 aromatic heterocycles. The predicted molar refractivity (Wildman–Crippen MR) is 117 cm³/mol. The van der Waals surface area contributed by atoms with E-state index in [1.807, 2.05) is 97.1 Å². The van der Waals surface area contributed by atoms with Gasteiger partial charge in [0, 0.05) is 4.90 Å². The van der Waals surface area contributed by atoms with Crippen LogP contribution in [0.25, 0.3) is 0 Å². The summed E-state index contributed by atoms with van der Waals surface area (Å²) in [5, 5.41) is 12.1. The summed E-state index contributed by atoms with van der Waals surface area (Å²) in [5.74, 6) is 0. The summed E-state index contributed by atoms with van der Waals surface area (Å²) >= 11 is 1.69. The molecule has 138 valence electrons. The number of aliphatic hydroxyl groups is 1. The molecular weight excluding hydrogens is 360 g/mol. The summed E-state index contributed by atoms with van der Waals surface area (Å²) in [6.45, 7) is 0. The number of hydrogen-bond acceptors (Lipinski definition) is 2. The molecule has 1 nitrogen and oxygen atoms in total. The van der Waals surface area contributed by atoms with E-state index in [0.717, 1.165) is 21.6 Å². The highest BCUT2D eigenvalue weighted by molar-refractivity contribution is 7.99. The van der Waals surface area contributed by atoms with Gasteiger partial charge in [0.25, 0.3) is 0 Å². The molecule has 4 aromatic rings. The van der Waals surface area contributed by atoms with Gasteiger partial charge in [0.15, 0.2) is 0 Å². The van der Waals surface area contributed by atoms with Crippen LogP contribution in [0.4, 0.5) is 0 Å². The highest BCUT2D eigenvalue weighted by Crippen LogP contribution is 2.51. The first-order chi connectivity index (χ1) is 13.8. The number of benzene rings is 4. The van der Waals surface area contributed by atoms with E-state index in [1.165, 1.54) is 0 Å². The summed E-state index contributed by atoms with van der Waals surface area (Å²) < 4.78 is 0. The normalized spacial score (nSPS) is 12.5. The second kappa shape index (κ2) is 8.47. The average Bonchev–Trinajstić information content (AvgIpc) is 2.79. The van der Waals surface area contributed by atoms with Crippen molar-refractivity contribution in [3.05, 3.63) is 138 Å². The van der Waals surface area contributed by atoms with E-state index >= 15 is 0 Å². The van der Waals surface area contributed by atoms with E-state index in [4.69, 9.17) is 0 Å². The van der Waals surface area contributed by atoms with Crippen LogP contribution in [-0.4, -0.2) is 5.11 Å². The SMILES string of the molecule is OC(c1ccccc1)(c1ccccc1)[C@H](Sc1ccccc1)c1ccccc1. The van der Waals surface area contributed by atoms with Gasteiger partial charge in [0.1, 0.15) is 5.60 Å². The molecule has 4 aromatic carbocycles. The molecule has 4 rings (SSSR count). The lowest BCUT2D eigenvalue weighted by molar-refractivity contribution is 0.0777. The van der Waals surface area contributed by atoms with Crippen molar-refractivity contribution in [2.24, 2.45) is 0 Å². The molecule has 28 heavy (non-hydrogen) atoms. The van der Waals surface area contributed by atoms with E-state index in [1.54, 1.807) is 11.8 Å². The van der Waals surface area contributed by atoms with Crippen LogP contribution >= 0.6 is 11.8 Å². The van der Waals surface area contributed by atoms with E-state index < -0.39 is 5.60 Å². The van der Waals surface area contributed by atoms with Gasteiger partial charge in [0.05, 0.1) is 5.25 Å². The third kappa shape index (κ3) is 3.75. The number of rotatable bonds is 6. The average molecular weight is 383 g/mol. The summed E-state index contributed by atoms with van der Waals surface area (Å²) in [5.41, 5.74) is 1.69. The topological polar surface area (TPSA) is 20.2 Å². The molecule has 2 heteroatoms. The molecular formula is C26H22OS. The quantitative estimate of drug-likeness (QED) is 0.386. The van der Waals surface area contributed by atoms with E-state index in [2.05, 4.69) is 24.3 Å². The lowest BCUT2D eigenvalue weighted by Crippen LogP contribution is -2.33. The lowest BCUT2D eigenvalue weighted by Gasteiger charge is -2.37. The maximum Gasteiger partial charge on any atom is 0.131 e. The first-order valence-electron chi connectivity index (χ1n) is 9.38. The van der Waals surface area contributed by atoms with Gasteiger partial charge in [0.2, 0.25) is 0 Å². The van der Waals surface area contributed by atoms with Crippen molar-refractivity contribution < 1.29 is 5.11 Å². The van der Waals surface area contributed by atoms with Crippen molar-refractivity contribution in [1.29, 1.82) is 0 Å². The summed E-state index contributed by atoms with van der Waals surface area (Å²) in [6.07, 6.45) is 0. The Morgan fingerprint density at radius 1 is 0.536 bits per heavy atom. The molecule has 0 spiro atoms.